The number of aryl methyl sites for hydroxylation is 1. The maximum atomic E-state index is 12.6. The van der Waals surface area contributed by atoms with Gasteiger partial charge in [-0.1, -0.05) is 23.2 Å². The van der Waals surface area contributed by atoms with Crippen molar-refractivity contribution in [2.75, 3.05) is 0 Å². The number of benzene rings is 1. The highest BCUT2D eigenvalue weighted by molar-refractivity contribution is 7.80. The van der Waals surface area contributed by atoms with Crippen molar-refractivity contribution in [3.05, 3.63) is 56.5 Å². The summed E-state index contributed by atoms with van der Waals surface area (Å²) in [5, 5.41) is 4.81. The van der Waals surface area contributed by atoms with Crippen molar-refractivity contribution in [2.45, 2.75) is 26.2 Å². The van der Waals surface area contributed by atoms with Crippen LogP contribution in [0.2, 0.25) is 10.0 Å². The summed E-state index contributed by atoms with van der Waals surface area (Å²) in [4.78, 5) is 24.8. The molecule has 1 aliphatic rings. The Hall–Kier alpha value is -2.62. The number of nitrogens with zero attached hydrogens (tertiary/aromatic N) is 1. The summed E-state index contributed by atoms with van der Waals surface area (Å²) < 4.78 is 5.73. The van der Waals surface area contributed by atoms with E-state index in [1.807, 2.05) is 0 Å². The first-order valence-corrected chi connectivity index (χ1v) is 9.74. The molecular weight excluding hydrogens is 437 g/mol. The number of rotatable bonds is 3. The lowest BCUT2D eigenvalue weighted by atomic mass is 9.93. The van der Waals surface area contributed by atoms with Gasteiger partial charge in [0.05, 0.1) is 16.3 Å². The Labute approximate surface area is 181 Å². The van der Waals surface area contributed by atoms with Crippen LogP contribution in [0.4, 0.5) is 0 Å². The van der Waals surface area contributed by atoms with E-state index in [0.29, 0.717) is 34.9 Å². The van der Waals surface area contributed by atoms with Gasteiger partial charge in [0.25, 0.3) is 5.91 Å². The number of hydrogen-bond donors (Lipinski definition) is 4. The summed E-state index contributed by atoms with van der Waals surface area (Å²) in [6.45, 7) is 1.75. The third-order valence-corrected chi connectivity index (χ3v) is 4.94. The molecule has 0 aliphatic heterocycles. The van der Waals surface area contributed by atoms with Crippen LogP contribution in [0.25, 0.3) is 0 Å². The molecule has 1 aromatic carbocycles. The van der Waals surface area contributed by atoms with E-state index < -0.39 is 11.8 Å². The molecular formula is C18H17Cl2N5O3S. The normalized spacial score (nSPS) is 14.2. The maximum Gasteiger partial charge on any atom is 0.305 e. The van der Waals surface area contributed by atoms with Gasteiger partial charge >= 0.3 is 5.91 Å². The Morgan fingerprint density at radius 1 is 1.21 bits per heavy atom. The predicted octanol–water partition coefficient (Wildman–Crippen LogP) is 2.84. The summed E-state index contributed by atoms with van der Waals surface area (Å²) in [7, 11) is 0. The average Bonchev–Trinajstić information content (AvgIpc) is 3.01. The number of halogens is 2. The molecule has 2 aromatic rings. The number of hydrazine groups is 1. The average molecular weight is 454 g/mol. The van der Waals surface area contributed by atoms with Crippen LogP contribution in [0.1, 0.15) is 50.6 Å². The number of nitrogens with one attached hydrogen (secondary N) is 3. The van der Waals surface area contributed by atoms with Crippen LogP contribution in [0.5, 0.6) is 0 Å². The molecule has 29 heavy (non-hydrogen) atoms. The number of furan rings is 1. The molecule has 11 heteroatoms. The lowest BCUT2D eigenvalue weighted by Crippen LogP contribution is -2.41. The molecule has 0 spiro atoms. The van der Waals surface area contributed by atoms with Gasteiger partial charge < -0.3 is 10.2 Å². The summed E-state index contributed by atoms with van der Waals surface area (Å²) >= 11 is 16.6. The Morgan fingerprint density at radius 3 is 2.62 bits per heavy atom. The van der Waals surface area contributed by atoms with Gasteiger partial charge in [0.2, 0.25) is 0 Å². The molecule has 0 fully saturated rings. The van der Waals surface area contributed by atoms with Gasteiger partial charge in [-0.3, -0.25) is 25.9 Å². The Bertz CT molecular complexity index is 1030. The van der Waals surface area contributed by atoms with E-state index in [0.717, 1.165) is 12.0 Å². The molecule has 0 atom stereocenters. The van der Waals surface area contributed by atoms with E-state index in [-0.39, 0.29) is 21.5 Å². The maximum absolute atomic E-state index is 12.6. The van der Waals surface area contributed by atoms with Crippen molar-refractivity contribution in [2.24, 2.45) is 10.8 Å². The molecule has 152 valence electrons. The summed E-state index contributed by atoms with van der Waals surface area (Å²) in [6, 6.07) is 4.42. The van der Waals surface area contributed by atoms with Gasteiger partial charge in [-0.05, 0) is 50.2 Å². The molecule has 0 radical (unpaired) electrons. The predicted molar refractivity (Wildman–Crippen MR) is 114 cm³/mol. The van der Waals surface area contributed by atoms with Crippen LogP contribution in [0.3, 0.4) is 0 Å². The third kappa shape index (κ3) is 4.69. The second kappa shape index (κ2) is 8.81. The highest BCUT2D eigenvalue weighted by Crippen LogP contribution is 2.29. The number of fused-ring (bicyclic) bond motifs is 1. The summed E-state index contributed by atoms with van der Waals surface area (Å²) in [6.07, 6.45) is 2.17. The lowest BCUT2D eigenvalue weighted by molar-refractivity contribution is 0.0829. The smallest absolute Gasteiger partial charge is 0.305 e. The largest absolute Gasteiger partial charge is 0.455 e. The topological polar surface area (TPSA) is 122 Å². The summed E-state index contributed by atoms with van der Waals surface area (Å²) in [5.74, 6) is -0.453. The van der Waals surface area contributed by atoms with Crippen molar-refractivity contribution in [1.29, 1.82) is 0 Å². The Morgan fingerprint density at radius 2 is 1.93 bits per heavy atom. The Kier molecular flexibility index (Phi) is 6.41. The molecule has 0 bridgehead atoms. The van der Waals surface area contributed by atoms with Crippen molar-refractivity contribution in [3.63, 3.8) is 0 Å². The quantitative estimate of drug-likeness (QED) is 0.418. The van der Waals surface area contributed by atoms with Crippen LogP contribution < -0.4 is 22.0 Å². The molecule has 0 saturated carbocycles. The van der Waals surface area contributed by atoms with Gasteiger partial charge in [-0.25, -0.2) is 0 Å². The minimum Gasteiger partial charge on any atom is -0.455 e. The van der Waals surface area contributed by atoms with Gasteiger partial charge in [0, 0.05) is 22.6 Å². The molecule has 1 aromatic heterocycles. The van der Waals surface area contributed by atoms with E-state index in [1.54, 1.807) is 6.92 Å². The number of hydrazone groups is 1. The number of nitrogens with two attached hydrogens (primary N) is 1. The van der Waals surface area contributed by atoms with E-state index in [9.17, 15) is 9.59 Å². The Balaban J connectivity index is 1.76. The molecule has 8 nitrogen and oxygen atoms in total. The van der Waals surface area contributed by atoms with Gasteiger partial charge in [0.15, 0.2) is 10.9 Å². The summed E-state index contributed by atoms with van der Waals surface area (Å²) in [5.41, 5.74) is 14.9. The molecule has 1 aliphatic carbocycles. The van der Waals surface area contributed by atoms with Crippen LogP contribution >= 0.6 is 35.4 Å². The number of hydrogen-bond acceptors (Lipinski definition) is 5. The minimum atomic E-state index is -0.600. The first-order chi connectivity index (χ1) is 13.8. The third-order valence-electron chi connectivity index (χ3n) is 4.30. The van der Waals surface area contributed by atoms with E-state index in [2.05, 4.69) is 21.4 Å². The second-order valence-corrected chi connectivity index (χ2v) is 7.56. The van der Waals surface area contributed by atoms with Crippen molar-refractivity contribution in [1.82, 2.24) is 16.3 Å². The lowest BCUT2D eigenvalue weighted by Gasteiger charge is -2.13. The van der Waals surface area contributed by atoms with E-state index in [4.69, 9.17) is 45.6 Å². The number of carbonyl (C=O) groups is 2. The fourth-order valence-electron chi connectivity index (χ4n) is 3.03. The molecule has 0 saturated heterocycles. The fourth-order valence-corrected chi connectivity index (χ4v) is 3.57. The highest BCUT2D eigenvalue weighted by Gasteiger charge is 2.28. The van der Waals surface area contributed by atoms with Crippen LogP contribution in [-0.4, -0.2) is 22.6 Å². The standard InChI is InChI=1S/C18H17Cl2N5O3S/c1-8-14-12(22-25-18(21)29)3-2-4-13(14)28-15(8)17(27)24-23-16(26)10-6-5-9(19)7-11(10)20/h5-7H,2-4H2,1H3,(H,23,26)(H,24,27)(H3,21,25,29)/b22-12+. The molecule has 2 amide bonds. The zero-order valence-electron chi connectivity index (χ0n) is 15.3. The first-order valence-electron chi connectivity index (χ1n) is 8.58. The van der Waals surface area contributed by atoms with Crippen molar-refractivity contribution >= 4 is 58.1 Å². The SMILES string of the molecule is Cc1c(C(=O)NNC(=O)c2ccc(Cl)cc2Cl)oc2c1/C(=N/NC(N)=S)CCC2. The van der Waals surface area contributed by atoms with Crippen LogP contribution in [0.15, 0.2) is 27.7 Å². The molecule has 3 rings (SSSR count). The zero-order chi connectivity index (χ0) is 21.1. The van der Waals surface area contributed by atoms with Crippen molar-refractivity contribution in [3.8, 4) is 0 Å². The highest BCUT2D eigenvalue weighted by atomic mass is 35.5. The zero-order valence-corrected chi connectivity index (χ0v) is 17.6. The number of amides is 2. The van der Waals surface area contributed by atoms with Crippen LogP contribution in [0, 0.1) is 6.92 Å². The molecule has 5 N–H and O–H groups in total. The van der Waals surface area contributed by atoms with Gasteiger partial charge in [-0.15, -0.1) is 0 Å². The van der Waals surface area contributed by atoms with Gasteiger partial charge in [-0.2, -0.15) is 5.10 Å². The molecule has 0 unspecified atom stereocenters. The minimum absolute atomic E-state index is 0.0484. The van der Waals surface area contributed by atoms with Gasteiger partial charge in [0.1, 0.15) is 5.76 Å². The number of thiocarbonyl (C=S) groups is 1. The first kappa shape index (κ1) is 21.1. The second-order valence-electron chi connectivity index (χ2n) is 6.27. The fraction of sp³-hybridized carbons (Fsp3) is 0.222. The monoisotopic (exact) mass is 453 g/mol. The van der Waals surface area contributed by atoms with E-state index in [1.165, 1.54) is 18.2 Å². The van der Waals surface area contributed by atoms with Crippen LogP contribution in [-0.2, 0) is 6.42 Å². The number of carbonyl (C=O) groups excluding carboxylic acids is 2. The van der Waals surface area contributed by atoms with Crippen molar-refractivity contribution < 1.29 is 14.0 Å². The molecule has 1 heterocycles. The van der Waals surface area contributed by atoms with E-state index >= 15 is 0 Å².